The van der Waals surface area contributed by atoms with Crippen LogP contribution in [0.4, 0.5) is 0 Å². The second-order valence-corrected chi connectivity index (χ2v) is 6.98. The summed E-state index contributed by atoms with van der Waals surface area (Å²) in [6, 6.07) is 12.8. The summed E-state index contributed by atoms with van der Waals surface area (Å²) in [5.41, 5.74) is 0. The summed E-state index contributed by atoms with van der Waals surface area (Å²) in [6.45, 7) is -0.129. The number of rotatable bonds is 4. The maximum absolute atomic E-state index is 12.3. The molecule has 23 heavy (non-hydrogen) atoms. The second-order valence-electron chi connectivity index (χ2n) is 4.99. The number of sulfone groups is 1. The molecule has 0 unspecified atom stereocenters. The molecule has 0 saturated heterocycles. The van der Waals surface area contributed by atoms with Gasteiger partial charge in [0.15, 0.2) is 9.84 Å². The van der Waals surface area contributed by atoms with Gasteiger partial charge < -0.3 is 5.11 Å². The van der Waals surface area contributed by atoms with E-state index in [1.165, 1.54) is 0 Å². The normalized spacial score (nSPS) is 10.5. The van der Waals surface area contributed by atoms with Crippen molar-refractivity contribution >= 4 is 20.6 Å². The zero-order valence-corrected chi connectivity index (χ0v) is 13.6. The molecular formula is C19H18O3S. The van der Waals surface area contributed by atoms with E-state index in [0.717, 1.165) is 17.2 Å². The lowest BCUT2D eigenvalue weighted by molar-refractivity contribution is 0.350. The Bertz CT molecular complexity index is 891. The van der Waals surface area contributed by atoms with Gasteiger partial charge in [0.2, 0.25) is 0 Å². The van der Waals surface area contributed by atoms with Gasteiger partial charge in [0, 0.05) is 12.8 Å². The topological polar surface area (TPSA) is 54.4 Å². The maximum Gasteiger partial charge on any atom is 0.189 e. The van der Waals surface area contributed by atoms with E-state index in [4.69, 9.17) is 5.11 Å². The summed E-state index contributed by atoms with van der Waals surface area (Å²) in [7, 11) is -3.39. The van der Waals surface area contributed by atoms with Crippen molar-refractivity contribution in [3.63, 3.8) is 0 Å². The van der Waals surface area contributed by atoms with Crippen LogP contribution in [0.1, 0.15) is 19.3 Å². The summed E-state index contributed by atoms with van der Waals surface area (Å²) in [5, 5.41) is 10.4. The fourth-order valence-electron chi connectivity index (χ4n) is 2.09. The number of unbranched alkanes of at least 4 members (excludes halogenated alkanes) is 2. The van der Waals surface area contributed by atoms with E-state index in [2.05, 4.69) is 23.7 Å². The van der Waals surface area contributed by atoms with Crippen LogP contribution in [0.3, 0.4) is 0 Å². The zero-order chi connectivity index (χ0) is 16.5. The first-order chi connectivity index (χ1) is 11.1. The average Bonchev–Trinajstić information content (AvgIpc) is 2.57. The Morgan fingerprint density at radius 2 is 1.57 bits per heavy atom. The molecule has 0 bridgehead atoms. The monoisotopic (exact) mass is 326 g/mol. The van der Waals surface area contributed by atoms with Crippen molar-refractivity contribution in [2.24, 2.45) is 0 Å². The highest BCUT2D eigenvalue weighted by molar-refractivity contribution is 7.91. The first kappa shape index (κ1) is 17.1. The minimum Gasteiger partial charge on any atom is -0.384 e. The van der Waals surface area contributed by atoms with Gasteiger partial charge in [0.25, 0.3) is 0 Å². The van der Waals surface area contributed by atoms with Crippen LogP contribution in [-0.2, 0) is 9.84 Å². The van der Waals surface area contributed by atoms with Crippen LogP contribution in [0, 0.1) is 23.7 Å². The largest absolute Gasteiger partial charge is 0.384 e. The molecule has 2 aromatic carbocycles. The Balaban J connectivity index is 1.98. The van der Waals surface area contributed by atoms with Crippen LogP contribution < -0.4 is 0 Å². The zero-order valence-electron chi connectivity index (χ0n) is 12.7. The number of hydrogen-bond acceptors (Lipinski definition) is 3. The van der Waals surface area contributed by atoms with Gasteiger partial charge in [-0.2, -0.15) is 0 Å². The van der Waals surface area contributed by atoms with E-state index in [9.17, 15) is 8.42 Å². The third kappa shape index (κ3) is 5.14. The van der Waals surface area contributed by atoms with Crippen molar-refractivity contribution in [1.29, 1.82) is 0 Å². The van der Waals surface area contributed by atoms with E-state index in [1.807, 2.05) is 30.3 Å². The number of hydrogen-bond donors (Lipinski definition) is 1. The molecule has 0 aliphatic rings. The van der Waals surface area contributed by atoms with Crippen LogP contribution in [0.15, 0.2) is 47.4 Å². The quantitative estimate of drug-likeness (QED) is 0.694. The lowest BCUT2D eigenvalue weighted by Crippen LogP contribution is -2.04. The highest BCUT2D eigenvalue weighted by Gasteiger charge is 2.12. The predicted octanol–water partition coefficient (Wildman–Crippen LogP) is 2.78. The average molecular weight is 326 g/mol. The van der Waals surface area contributed by atoms with Gasteiger partial charge in [-0.25, -0.2) is 8.42 Å². The Labute approximate surface area is 137 Å². The lowest BCUT2D eigenvalue weighted by atomic mass is 10.1. The molecule has 1 N–H and O–H groups in total. The fourth-order valence-corrected chi connectivity index (χ4v) is 3.13. The minimum atomic E-state index is -3.39. The van der Waals surface area contributed by atoms with Gasteiger partial charge in [-0.1, -0.05) is 42.2 Å². The first-order valence-corrected chi connectivity index (χ1v) is 9.02. The summed E-state index contributed by atoms with van der Waals surface area (Å²) in [6.07, 6.45) is 2.04. The Morgan fingerprint density at radius 1 is 0.870 bits per heavy atom. The van der Waals surface area contributed by atoms with Crippen LogP contribution in [0.25, 0.3) is 10.8 Å². The van der Waals surface area contributed by atoms with Crippen molar-refractivity contribution in [2.45, 2.75) is 24.2 Å². The van der Waals surface area contributed by atoms with Crippen molar-refractivity contribution < 1.29 is 13.5 Å². The molecular weight excluding hydrogens is 308 g/mol. The van der Waals surface area contributed by atoms with Gasteiger partial charge in [0.1, 0.15) is 12.4 Å². The summed E-state index contributed by atoms with van der Waals surface area (Å²) in [5.74, 6) is 10.8. The lowest BCUT2D eigenvalue weighted by Gasteiger charge is -2.03. The van der Waals surface area contributed by atoms with Crippen LogP contribution in [0.5, 0.6) is 0 Å². The van der Waals surface area contributed by atoms with E-state index >= 15 is 0 Å². The van der Waals surface area contributed by atoms with Gasteiger partial charge >= 0.3 is 0 Å². The smallest absolute Gasteiger partial charge is 0.189 e. The summed E-state index contributed by atoms with van der Waals surface area (Å²) in [4.78, 5) is 0.305. The Morgan fingerprint density at radius 3 is 2.30 bits per heavy atom. The van der Waals surface area contributed by atoms with Gasteiger partial charge in [0.05, 0.1) is 4.90 Å². The predicted molar refractivity (Wildman–Crippen MR) is 92.5 cm³/mol. The molecule has 2 aromatic rings. The van der Waals surface area contributed by atoms with Crippen LogP contribution in [0.2, 0.25) is 0 Å². The molecule has 0 saturated carbocycles. The van der Waals surface area contributed by atoms with E-state index in [0.29, 0.717) is 17.7 Å². The van der Waals surface area contributed by atoms with Gasteiger partial charge in [-0.05, 0) is 29.3 Å². The van der Waals surface area contributed by atoms with Crippen molar-refractivity contribution in [3.05, 3.63) is 42.5 Å². The van der Waals surface area contributed by atoms with Crippen molar-refractivity contribution in [3.8, 4) is 23.7 Å². The summed E-state index contributed by atoms with van der Waals surface area (Å²) >= 11 is 0. The maximum atomic E-state index is 12.3. The van der Waals surface area contributed by atoms with E-state index < -0.39 is 9.84 Å². The number of benzene rings is 2. The molecule has 0 atom stereocenters. The molecule has 0 aromatic heterocycles. The third-order valence-electron chi connectivity index (χ3n) is 3.27. The fraction of sp³-hybridized carbons (Fsp3) is 0.263. The first-order valence-electron chi connectivity index (χ1n) is 7.37. The number of aliphatic hydroxyl groups is 1. The SMILES string of the molecule is O=S(=O)(CC#CCCCC#CCO)c1ccc2ccccc2c1. The highest BCUT2D eigenvalue weighted by Crippen LogP contribution is 2.19. The Kier molecular flexibility index (Phi) is 6.23. The Hall–Kier alpha value is -2.27. The number of aliphatic hydroxyl groups excluding tert-OH is 1. The molecule has 4 heteroatoms. The molecule has 3 nitrogen and oxygen atoms in total. The molecule has 0 fully saturated rings. The second kappa shape index (κ2) is 8.39. The standard InChI is InChI=1S/C19H18O3S/c20-14-8-4-2-1-3-5-9-15-23(21,22)19-13-12-17-10-6-7-11-18(17)16-19/h6-7,10-13,16,20H,1-3,14-15H2. The molecule has 0 heterocycles. The molecule has 2 rings (SSSR count). The number of fused-ring (bicyclic) bond motifs is 1. The molecule has 0 amide bonds. The molecule has 0 aliphatic carbocycles. The van der Waals surface area contributed by atoms with Crippen LogP contribution in [-0.4, -0.2) is 25.9 Å². The van der Waals surface area contributed by atoms with E-state index in [1.54, 1.807) is 12.1 Å². The highest BCUT2D eigenvalue weighted by atomic mass is 32.2. The van der Waals surface area contributed by atoms with Gasteiger partial charge in [-0.3, -0.25) is 0 Å². The van der Waals surface area contributed by atoms with Gasteiger partial charge in [-0.15, -0.1) is 11.8 Å². The molecule has 0 radical (unpaired) electrons. The van der Waals surface area contributed by atoms with E-state index in [-0.39, 0.29) is 12.4 Å². The molecule has 0 spiro atoms. The third-order valence-corrected chi connectivity index (χ3v) is 4.77. The molecule has 118 valence electrons. The summed E-state index contributed by atoms with van der Waals surface area (Å²) < 4.78 is 24.6. The van der Waals surface area contributed by atoms with Crippen molar-refractivity contribution in [1.82, 2.24) is 0 Å². The molecule has 0 aliphatic heterocycles. The minimum absolute atomic E-state index is 0.129. The van der Waals surface area contributed by atoms with Crippen molar-refractivity contribution in [2.75, 3.05) is 12.4 Å². The van der Waals surface area contributed by atoms with Crippen LogP contribution >= 0.6 is 0 Å².